The van der Waals surface area contributed by atoms with Gasteiger partial charge in [-0.1, -0.05) is 55.4 Å². The first kappa shape index (κ1) is 40.8. The van der Waals surface area contributed by atoms with E-state index < -0.39 is 17.3 Å². The van der Waals surface area contributed by atoms with Crippen LogP contribution in [-0.2, 0) is 19.1 Å². The third kappa shape index (κ3) is 5.49. The van der Waals surface area contributed by atoms with Gasteiger partial charge in [0.05, 0.1) is 35.2 Å². The number of rotatable bonds is 7. The number of fused-ring (bicyclic) bond motifs is 7. The van der Waals surface area contributed by atoms with Crippen LogP contribution in [0.1, 0.15) is 164 Å². The van der Waals surface area contributed by atoms with Crippen molar-refractivity contribution in [2.75, 3.05) is 6.54 Å². The molecule has 1 saturated heterocycles. The number of hydrogen-bond donors (Lipinski definition) is 2. The lowest BCUT2D eigenvalue weighted by atomic mass is 9.32. The monoisotopic (exact) mass is 821 g/mol. The number of aliphatic carboxylic acids is 1. The molecular weight excluding hydrogens is 749 g/mol. The van der Waals surface area contributed by atoms with E-state index in [1.54, 1.807) is 6.20 Å². The van der Waals surface area contributed by atoms with Crippen LogP contribution in [0.5, 0.6) is 0 Å². The number of H-pyrrole nitrogens is 1. The average Bonchev–Trinajstić information content (AvgIpc) is 3.59. The summed E-state index contributed by atoms with van der Waals surface area (Å²) in [6.45, 7) is 19.9. The molecule has 13 atom stereocenters. The molecule has 2 aromatic heterocycles. The van der Waals surface area contributed by atoms with E-state index in [2.05, 4.69) is 62.5 Å². The minimum atomic E-state index is -0.812. The molecule has 10 rings (SSSR count). The van der Waals surface area contributed by atoms with Gasteiger partial charge >= 0.3 is 11.9 Å². The van der Waals surface area contributed by atoms with Gasteiger partial charge in [-0.25, -0.2) is 4.98 Å². The zero-order valence-corrected chi connectivity index (χ0v) is 37.8. The number of esters is 1. The highest BCUT2D eigenvalue weighted by molar-refractivity contribution is 5.85. The molecule has 4 unspecified atom stereocenters. The summed E-state index contributed by atoms with van der Waals surface area (Å²) in [5, 5.41) is 9.72. The molecule has 326 valence electrons. The standard InChI is InChI=1S/C51H72N4O5/c1-45(2)33(42(56)57)27-34(45)43(58)60-39-17-18-48(6)37(46(39,3)4)16-19-50(8)38(48)14-13-32-40-31(47(5)21-22-47)15-20-51(40,24-23-49(32,50)7)44(59)55-26-10-12-36(55)41-53-29-35(54-41)30-11-9-25-52-28-30/h9,11,25,28-29,31-34,36-40H,10,12-24,26-27H2,1-8H3,(H,53,54)(H,56,57)/t31?,32-,33?,34?,36?,37+,38-,39+,40-,48+,49-,50-,51+/m1/s1. The van der Waals surface area contributed by atoms with Crippen molar-refractivity contribution in [3.8, 4) is 11.3 Å². The highest BCUT2D eigenvalue weighted by atomic mass is 16.5. The van der Waals surface area contributed by atoms with Crippen LogP contribution in [0.15, 0.2) is 30.7 Å². The van der Waals surface area contributed by atoms with Crippen molar-refractivity contribution in [2.45, 2.75) is 164 Å². The summed E-state index contributed by atoms with van der Waals surface area (Å²) in [5.41, 5.74) is 1.74. The SMILES string of the molecule is CC1(C2CC[C@]3(C(=O)N4CCCC4c4ncc(-c5cccnc5)[nH]4)CC[C@]4(C)[C@H](CC[C@@H]5[C@@]6(C)CC[C@H](OC(=O)C7CC(C(=O)O)C7(C)C)C(C)(C)[C@@H]6CC[C@]54C)[C@@H]23)CC1. The first-order valence-electron chi connectivity index (χ1n) is 24.0. The summed E-state index contributed by atoms with van der Waals surface area (Å²) in [4.78, 5) is 56.4. The maximum atomic E-state index is 15.7. The van der Waals surface area contributed by atoms with Gasteiger partial charge in [0.25, 0.3) is 0 Å². The number of aromatic nitrogens is 3. The largest absolute Gasteiger partial charge is 0.481 e. The summed E-state index contributed by atoms with van der Waals surface area (Å²) >= 11 is 0. The molecule has 3 heterocycles. The van der Waals surface area contributed by atoms with Crippen LogP contribution in [0, 0.1) is 79.3 Å². The van der Waals surface area contributed by atoms with Crippen LogP contribution < -0.4 is 0 Å². The zero-order chi connectivity index (χ0) is 42.4. The lowest BCUT2D eigenvalue weighted by Gasteiger charge is -2.73. The highest BCUT2D eigenvalue weighted by Crippen LogP contribution is 2.79. The Hall–Kier alpha value is -3.23. The first-order chi connectivity index (χ1) is 28.3. The van der Waals surface area contributed by atoms with Gasteiger partial charge in [-0.15, -0.1) is 0 Å². The molecule has 0 aromatic carbocycles. The van der Waals surface area contributed by atoms with Crippen molar-refractivity contribution in [3.63, 3.8) is 0 Å². The van der Waals surface area contributed by atoms with Crippen LogP contribution >= 0.6 is 0 Å². The summed E-state index contributed by atoms with van der Waals surface area (Å²) in [6, 6.07) is 4.01. The van der Waals surface area contributed by atoms with E-state index >= 15 is 4.79 Å². The van der Waals surface area contributed by atoms with E-state index in [9.17, 15) is 14.7 Å². The average molecular weight is 821 g/mol. The molecule has 8 aliphatic rings. The maximum absolute atomic E-state index is 15.7. The number of hydrogen-bond acceptors (Lipinski definition) is 6. The van der Waals surface area contributed by atoms with E-state index in [1.807, 2.05) is 32.3 Å². The quantitative estimate of drug-likeness (QED) is 0.266. The summed E-state index contributed by atoms with van der Waals surface area (Å²) < 4.78 is 6.49. The number of carbonyl (C=O) groups excluding carboxylic acids is 2. The molecule has 2 aromatic rings. The predicted octanol–water partition coefficient (Wildman–Crippen LogP) is 10.7. The van der Waals surface area contributed by atoms with Gasteiger partial charge in [0, 0.05) is 29.9 Å². The smallest absolute Gasteiger partial charge is 0.309 e. The molecule has 60 heavy (non-hydrogen) atoms. The number of nitrogens with one attached hydrogen (secondary N) is 1. The number of carboxylic acids is 1. The number of amides is 1. The lowest BCUT2D eigenvalue weighted by molar-refractivity contribution is -0.253. The van der Waals surface area contributed by atoms with Crippen molar-refractivity contribution in [3.05, 3.63) is 36.5 Å². The Balaban J connectivity index is 0.915. The fourth-order valence-electron chi connectivity index (χ4n) is 17.2. The highest BCUT2D eigenvalue weighted by Gasteiger charge is 2.74. The van der Waals surface area contributed by atoms with Crippen LogP contribution in [0.4, 0.5) is 0 Å². The maximum Gasteiger partial charge on any atom is 0.309 e. The summed E-state index contributed by atoms with van der Waals surface area (Å²) in [6.07, 6.45) is 21.4. The minimum absolute atomic E-state index is 0.00933. The van der Waals surface area contributed by atoms with Gasteiger partial charge in [-0.3, -0.25) is 19.4 Å². The summed E-state index contributed by atoms with van der Waals surface area (Å²) in [5.74, 6) is 2.08. The molecule has 7 aliphatic carbocycles. The third-order valence-electron chi connectivity index (χ3n) is 21.2. The van der Waals surface area contributed by atoms with E-state index in [1.165, 1.54) is 38.5 Å². The first-order valence-corrected chi connectivity index (χ1v) is 24.0. The number of aromatic amines is 1. The molecule has 7 saturated carbocycles. The number of nitrogens with zero attached hydrogens (tertiary/aromatic N) is 3. The molecule has 0 spiro atoms. The molecule has 8 fully saturated rings. The Morgan fingerprint density at radius 1 is 0.783 bits per heavy atom. The number of imidazole rings is 1. The Morgan fingerprint density at radius 2 is 1.57 bits per heavy atom. The Bertz CT molecular complexity index is 2060. The second-order valence-corrected chi connectivity index (χ2v) is 24.0. The van der Waals surface area contributed by atoms with Gasteiger partial charge in [-0.05, 0) is 165 Å². The van der Waals surface area contributed by atoms with Crippen LogP contribution in [0.3, 0.4) is 0 Å². The van der Waals surface area contributed by atoms with Gasteiger partial charge < -0.3 is 19.7 Å². The van der Waals surface area contributed by atoms with Crippen molar-refractivity contribution >= 4 is 17.8 Å². The molecular formula is C51H72N4O5. The number of likely N-dealkylation sites (tertiary alicyclic amines) is 1. The molecule has 2 N–H and O–H groups in total. The summed E-state index contributed by atoms with van der Waals surface area (Å²) in [7, 11) is 0. The lowest BCUT2D eigenvalue weighted by Crippen LogP contribution is -2.67. The van der Waals surface area contributed by atoms with Crippen molar-refractivity contribution < 1.29 is 24.2 Å². The minimum Gasteiger partial charge on any atom is -0.481 e. The van der Waals surface area contributed by atoms with Crippen molar-refractivity contribution in [2.24, 2.45) is 79.3 Å². The van der Waals surface area contributed by atoms with Gasteiger partial charge in [0.1, 0.15) is 11.9 Å². The molecule has 9 nitrogen and oxygen atoms in total. The molecule has 1 aliphatic heterocycles. The van der Waals surface area contributed by atoms with E-state index in [0.717, 1.165) is 75.0 Å². The van der Waals surface area contributed by atoms with E-state index in [0.29, 0.717) is 47.3 Å². The third-order valence-corrected chi connectivity index (χ3v) is 21.2. The van der Waals surface area contributed by atoms with Crippen molar-refractivity contribution in [1.29, 1.82) is 0 Å². The van der Waals surface area contributed by atoms with E-state index in [-0.39, 0.29) is 51.1 Å². The predicted molar refractivity (Wildman–Crippen MR) is 230 cm³/mol. The van der Waals surface area contributed by atoms with Gasteiger partial charge in [0.15, 0.2) is 0 Å². The Morgan fingerprint density at radius 3 is 2.27 bits per heavy atom. The van der Waals surface area contributed by atoms with Crippen LogP contribution in [0.2, 0.25) is 0 Å². The second-order valence-electron chi connectivity index (χ2n) is 24.0. The topological polar surface area (TPSA) is 125 Å². The Kier molecular flexibility index (Phi) is 9.11. The van der Waals surface area contributed by atoms with Crippen molar-refractivity contribution in [1.82, 2.24) is 19.9 Å². The number of pyridine rings is 1. The van der Waals surface area contributed by atoms with Gasteiger partial charge in [-0.2, -0.15) is 0 Å². The number of carboxylic acid groups (broad SMARTS) is 1. The Labute approximate surface area is 358 Å². The number of carbonyl (C=O) groups is 3. The molecule has 0 bridgehead atoms. The van der Waals surface area contributed by atoms with Gasteiger partial charge in [0.2, 0.25) is 5.91 Å². The van der Waals surface area contributed by atoms with Crippen LogP contribution in [-0.4, -0.2) is 55.5 Å². The fraction of sp³-hybridized carbons (Fsp3) is 0.784. The molecule has 1 amide bonds. The second kappa shape index (κ2) is 13.4. The number of ether oxygens (including phenoxy) is 1. The molecule has 9 heteroatoms. The zero-order valence-electron chi connectivity index (χ0n) is 37.8. The fourth-order valence-corrected chi connectivity index (χ4v) is 17.2. The van der Waals surface area contributed by atoms with Crippen LogP contribution in [0.25, 0.3) is 11.3 Å². The van der Waals surface area contributed by atoms with E-state index in [4.69, 9.17) is 9.72 Å². The normalized spacial score (nSPS) is 44.3. The molecule has 0 radical (unpaired) electrons.